The summed E-state index contributed by atoms with van der Waals surface area (Å²) in [5.41, 5.74) is -0.740. The number of rotatable bonds is 4. The van der Waals surface area contributed by atoms with Crippen LogP contribution in [0.15, 0.2) is 23.1 Å². The van der Waals surface area contributed by atoms with Crippen LogP contribution in [0.1, 0.15) is 19.8 Å². The van der Waals surface area contributed by atoms with Crippen LogP contribution in [0.25, 0.3) is 0 Å². The van der Waals surface area contributed by atoms with Crippen LogP contribution in [0.3, 0.4) is 0 Å². The van der Waals surface area contributed by atoms with Gasteiger partial charge < -0.3 is 0 Å². The van der Waals surface area contributed by atoms with Crippen molar-refractivity contribution in [1.82, 2.24) is 4.72 Å². The Kier molecular flexibility index (Phi) is 3.55. The molecule has 1 aliphatic carbocycles. The van der Waals surface area contributed by atoms with Crippen LogP contribution < -0.4 is 4.72 Å². The highest BCUT2D eigenvalue weighted by atomic mass is 32.2. The maximum Gasteiger partial charge on any atom is 0.304 e. The molecule has 1 saturated carbocycles. The van der Waals surface area contributed by atoms with Gasteiger partial charge in [0, 0.05) is 18.2 Å². The Morgan fingerprint density at radius 3 is 2.53 bits per heavy atom. The fourth-order valence-corrected chi connectivity index (χ4v) is 3.36. The molecule has 0 amide bonds. The zero-order valence-electron chi connectivity index (χ0n) is 10.2. The molecule has 1 aromatic rings. The van der Waals surface area contributed by atoms with E-state index in [0.717, 1.165) is 25.0 Å². The summed E-state index contributed by atoms with van der Waals surface area (Å²) in [6.07, 6.45) is 1.49. The van der Waals surface area contributed by atoms with Crippen molar-refractivity contribution in [3.63, 3.8) is 0 Å². The minimum Gasteiger partial charge on any atom is -0.258 e. The van der Waals surface area contributed by atoms with E-state index in [0.29, 0.717) is 12.0 Å². The predicted molar refractivity (Wildman–Crippen MR) is 65.6 cm³/mol. The summed E-state index contributed by atoms with van der Waals surface area (Å²) in [4.78, 5) is 9.26. The van der Waals surface area contributed by atoms with Gasteiger partial charge in [-0.2, -0.15) is 4.39 Å². The molecule has 104 valence electrons. The minimum atomic E-state index is -3.82. The van der Waals surface area contributed by atoms with E-state index in [9.17, 15) is 22.9 Å². The van der Waals surface area contributed by atoms with Gasteiger partial charge in [-0.3, -0.25) is 10.1 Å². The summed E-state index contributed by atoms with van der Waals surface area (Å²) in [5.74, 6) is -0.684. The molecule has 0 aliphatic heterocycles. The largest absolute Gasteiger partial charge is 0.304 e. The number of halogens is 1. The maximum atomic E-state index is 13.4. The lowest BCUT2D eigenvalue weighted by molar-refractivity contribution is -0.387. The molecule has 0 bridgehead atoms. The van der Waals surface area contributed by atoms with Gasteiger partial charge in [0.2, 0.25) is 15.8 Å². The monoisotopic (exact) mass is 288 g/mol. The standard InChI is InChI=1S/C11H13FN2O4S/c1-7-4-8(5-7)13-19(17,18)9-2-3-11(14(15)16)10(12)6-9/h2-3,6-8,13H,4-5H2,1H3. The van der Waals surface area contributed by atoms with Crippen LogP contribution in [0.4, 0.5) is 10.1 Å². The number of benzene rings is 1. The molecule has 1 aliphatic rings. The van der Waals surface area contributed by atoms with Gasteiger partial charge in [-0.1, -0.05) is 6.92 Å². The molecule has 2 rings (SSSR count). The van der Waals surface area contributed by atoms with Gasteiger partial charge in [-0.15, -0.1) is 0 Å². The summed E-state index contributed by atoms with van der Waals surface area (Å²) >= 11 is 0. The molecule has 0 saturated heterocycles. The normalized spacial score (nSPS) is 22.8. The summed E-state index contributed by atoms with van der Waals surface area (Å²) < 4.78 is 39.7. The number of nitro groups is 1. The maximum absolute atomic E-state index is 13.4. The molecule has 1 N–H and O–H groups in total. The molecular weight excluding hydrogens is 275 g/mol. The van der Waals surface area contributed by atoms with Crippen LogP contribution in [0, 0.1) is 21.8 Å². The average molecular weight is 288 g/mol. The first-order valence-corrected chi connectivity index (χ1v) is 7.24. The summed E-state index contributed by atoms with van der Waals surface area (Å²) in [6.45, 7) is 2.01. The molecular formula is C11H13FN2O4S. The zero-order chi connectivity index (χ0) is 14.2. The first-order chi connectivity index (χ1) is 8.79. The third-order valence-electron chi connectivity index (χ3n) is 3.12. The smallest absolute Gasteiger partial charge is 0.258 e. The molecule has 0 unspecified atom stereocenters. The highest BCUT2D eigenvalue weighted by Gasteiger charge is 2.30. The van der Waals surface area contributed by atoms with E-state index in [1.54, 1.807) is 0 Å². The molecule has 19 heavy (non-hydrogen) atoms. The predicted octanol–water partition coefficient (Wildman–Crippen LogP) is 1.81. The number of hydrogen-bond donors (Lipinski definition) is 1. The Bertz CT molecular complexity index is 611. The second-order valence-electron chi connectivity index (χ2n) is 4.77. The third kappa shape index (κ3) is 2.90. The van der Waals surface area contributed by atoms with Gasteiger partial charge >= 0.3 is 5.69 Å². The topological polar surface area (TPSA) is 89.3 Å². The SMILES string of the molecule is CC1CC(NS(=O)(=O)c2ccc([N+](=O)[O-])c(F)c2)C1. The Balaban J connectivity index is 2.21. The van der Waals surface area contributed by atoms with Gasteiger partial charge in [-0.05, 0) is 24.8 Å². The van der Waals surface area contributed by atoms with Crippen LogP contribution >= 0.6 is 0 Å². The van der Waals surface area contributed by atoms with Crippen molar-refractivity contribution in [1.29, 1.82) is 0 Å². The molecule has 1 fully saturated rings. The van der Waals surface area contributed by atoms with E-state index in [1.807, 2.05) is 6.92 Å². The zero-order valence-corrected chi connectivity index (χ0v) is 11.0. The van der Waals surface area contributed by atoms with Gasteiger partial charge in [0.1, 0.15) is 0 Å². The molecule has 0 atom stereocenters. The van der Waals surface area contributed by atoms with Crippen molar-refractivity contribution >= 4 is 15.7 Å². The van der Waals surface area contributed by atoms with Gasteiger partial charge in [-0.25, -0.2) is 13.1 Å². The molecule has 0 spiro atoms. The van der Waals surface area contributed by atoms with Crippen molar-refractivity contribution < 1.29 is 17.7 Å². The molecule has 0 radical (unpaired) electrons. The Morgan fingerprint density at radius 2 is 2.05 bits per heavy atom. The fourth-order valence-electron chi connectivity index (χ4n) is 2.09. The van der Waals surface area contributed by atoms with Crippen molar-refractivity contribution in [2.24, 2.45) is 5.92 Å². The first kappa shape index (κ1) is 13.9. The second-order valence-corrected chi connectivity index (χ2v) is 6.48. The number of nitrogens with zero attached hydrogens (tertiary/aromatic N) is 1. The van der Waals surface area contributed by atoms with Crippen LogP contribution in [0.5, 0.6) is 0 Å². The first-order valence-electron chi connectivity index (χ1n) is 5.76. The average Bonchev–Trinajstić information content (AvgIpc) is 2.26. The summed E-state index contributed by atoms with van der Waals surface area (Å²) in [5, 5.41) is 10.5. The minimum absolute atomic E-state index is 0.141. The van der Waals surface area contributed by atoms with Gasteiger partial charge in [0.25, 0.3) is 0 Å². The number of nitro benzene ring substituents is 1. The lowest BCUT2D eigenvalue weighted by Gasteiger charge is -2.32. The Labute approximate surface area is 109 Å². The Morgan fingerprint density at radius 1 is 1.42 bits per heavy atom. The second kappa shape index (κ2) is 4.86. The van der Waals surface area contributed by atoms with E-state index >= 15 is 0 Å². The van der Waals surface area contributed by atoms with Crippen LogP contribution in [-0.2, 0) is 10.0 Å². The van der Waals surface area contributed by atoms with E-state index in [1.165, 1.54) is 0 Å². The summed E-state index contributed by atoms with van der Waals surface area (Å²) in [6, 6.07) is 2.42. The van der Waals surface area contributed by atoms with Crippen LogP contribution in [0.2, 0.25) is 0 Å². The summed E-state index contributed by atoms with van der Waals surface area (Å²) in [7, 11) is -3.82. The van der Waals surface area contributed by atoms with Crippen molar-refractivity contribution in [2.75, 3.05) is 0 Å². The number of hydrogen-bond acceptors (Lipinski definition) is 4. The van der Waals surface area contributed by atoms with Gasteiger partial charge in [0.05, 0.1) is 9.82 Å². The van der Waals surface area contributed by atoms with E-state index in [2.05, 4.69) is 4.72 Å². The van der Waals surface area contributed by atoms with E-state index in [4.69, 9.17) is 0 Å². The molecule has 1 aromatic carbocycles. The fraction of sp³-hybridized carbons (Fsp3) is 0.455. The molecule has 0 aromatic heterocycles. The quantitative estimate of drug-likeness (QED) is 0.676. The number of sulfonamides is 1. The van der Waals surface area contributed by atoms with E-state index < -0.39 is 26.5 Å². The van der Waals surface area contributed by atoms with Crippen molar-refractivity contribution in [2.45, 2.75) is 30.7 Å². The van der Waals surface area contributed by atoms with E-state index in [-0.39, 0.29) is 10.9 Å². The molecule has 8 heteroatoms. The van der Waals surface area contributed by atoms with Crippen molar-refractivity contribution in [3.8, 4) is 0 Å². The number of nitrogens with one attached hydrogen (secondary N) is 1. The molecule has 6 nitrogen and oxygen atoms in total. The highest BCUT2D eigenvalue weighted by Crippen LogP contribution is 2.28. The molecule has 0 heterocycles. The van der Waals surface area contributed by atoms with Gasteiger partial charge in [0.15, 0.2) is 0 Å². The van der Waals surface area contributed by atoms with Crippen LogP contribution in [-0.4, -0.2) is 19.4 Å². The van der Waals surface area contributed by atoms with Crippen molar-refractivity contribution in [3.05, 3.63) is 34.1 Å². The lowest BCUT2D eigenvalue weighted by atomic mass is 9.83. The third-order valence-corrected chi connectivity index (χ3v) is 4.64. The lowest BCUT2D eigenvalue weighted by Crippen LogP contribution is -2.43. The highest BCUT2D eigenvalue weighted by molar-refractivity contribution is 7.89. The Hall–Kier alpha value is -1.54.